The average Bonchev–Trinajstić information content (AvgIpc) is 3.18. The van der Waals surface area contributed by atoms with E-state index in [1.807, 2.05) is 42.8 Å². The average molecular weight is 444 g/mol. The number of aromatic nitrogens is 4. The van der Waals surface area contributed by atoms with Crippen molar-refractivity contribution < 1.29 is 4.74 Å². The molecule has 0 saturated carbocycles. The second-order valence-corrected chi connectivity index (χ2v) is 9.06. The SMILES string of the molecule is CC(C)n1nc(-c2c(-c3ccccc3)nn3ccc(N4C[C@@H](C)O[C@@H](C)C4)cc23)ccc1=O. The minimum Gasteiger partial charge on any atom is -0.372 e. The van der Waals surface area contributed by atoms with Gasteiger partial charge in [0.1, 0.15) is 5.69 Å². The summed E-state index contributed by atoms with van der Waals surface area (Å²) in [4.78, 5) is 14.7. The lowest BCUT2D eigenvalue weighted by atomic mass is 10.0. The van der Waals surface area contributed by atoms with E-state index in [-0.39, 0.29) is 23.8 Å². The Bertz CT molecular complexity index is 1330. The Balaban J connectivity index is 1.72. The fourth-order valence-electron chi connectivity index (χ4n) is 4.60. The molecule has 0 unspecified atom stereocenters. The molecule has 0 N–H and O–H groups in total. The summed E-state index contributed by atoms with van der Waals surface area (Å²) in [5.74, 6) is 0. The Morgan fingerprint density at radius 3 is 2.39 bits per heavy atom. The number of benzene rings is 1. The van der Waals surface area contributed by atoms with Crippen molar-refractivity contribution in [3.05, 3.63) is 71.1 Å². The maximum absolute atomic E-state index is 12.4. The quantitative estimate of drug-likeness (QED) is 0.467. The highest BCUT2D eigenvalue weighted by Crippen LogP contribution is 2.35. The molecule has 0 bridgehead atoms. The Kier molecular flexibility index (Phi) is 5.50. The smallest absolute Gasteiger partial charge is 0.267 e. The molecular formula is C26H29N5O2. The van der Waals surface area contributed by atoms with Gasteiger partial charge in [-0.15, -0.1) is 0 Å². The molecule has 1 aromatic carbocycles. The number of anilines is 1. The summed E-state index contributed by atoms with van der Waals surface area (Å²) in [7, 11) is 0. The molecule has 3 aromatic heterocycles. The van der Waals surface area contributed by atoms with Crippen LogP contribution in [0, 0.1) is 0 Å². The highest BCUT2D eigenvalue weighted by Gasteiger charge is 2.24. The monoisotopic (exact) mass is 443 g/mol. The molecule has 33 heavy (non-hydrogen) atoms. The minimum atomic E-state index is -0.108. The Morgan fingerprint density at radius 2 is 1.70 bits per heavy atom. The highest BCUT2D eigenvalue weighted by molar-refractivity contribution is 5.91. The maximum atomic E-state index is 12.4. The lowest BCUT2D eigenvalue weighted by Gasteiger charge is -2.36. The predicted molar refractivity (Wildman–Crippen MR) is 131 cm³/mol. The lowest BCUT2D eigenvalue weighted by Crippen LogP contribution is -2.45. The Labute approximate surface area is 193 Å². The molecular weight excluding hydrogens is 414 g/mol. The number of nitrogens with zero attached hydrogens (tertiary/aromatic N) is 5. The van der Waals surface area contributed by atoms with Gasteiger partial charge < -0.3 is 9.64 Å². The molecule has 4 heterocycles. The molecule has 0 spiro atoms. The summed E-state index contributed by atoms with van der Waals surface area (Å²) >= 11 is 0. The van der Waals surface area contributed by atoms with E-state index >= 15 is 0 Å². The van der Waals surface area contributed by atoms with Crippen LogP contribution in [0.1, 0.15) is 33.7 Å². The van der Waals surface area contributed by atoms with Crippen LogP contribution in [0.2, 0.25) is 0 Å². The molecule has 0 amide bonds. The number of pyridine rings is 1. The van der Waals surface area contributed by atoms with Crippen molar-refractivity contribution in [2.45, 2.75) is 45.9 Å². The minimum absolute atomic E-state index is 0.0358. The van der Waals surface area contributed by atoms with Gasteiger partial charge >= 0.3 is 0 Å². The first-order chi connectivity index (χ1) is 15.9. The van der Waals surface area contributed by atoms with E-state index in [0.717, 1.165) is 46.8 Å². The second-order valence-electron chi connectivity index (χ2n) is 9.06. The first kappa shape index (κ1) is 21.4. The van der Waals surface area contributed by atoms with Gasteiger partial charge in [-0.1, -0.05) is 30.3 Å². The number of hydrogen-bond acceptors (Lipinski definition) is 5. The molecule has 1 saturated heterocycles. The second kappa shape index (κ2) is 8.48. The van der Waals surface area contributed by atoms with E-state index in [1.165, 1.54) is 4.68 Å². The van der Waals surface area contributed by atoms with E-state index in [2.05, 4.69) is 43.0 Å². The van der Waals surface area contributed by atoms with E-state index < -0.39 is 0 Å². The lowest BCUT2D eigenvalue weighted by molar-refractivity contribution is -0.00521. The molecule has 7 heteroatoms. The van der Waals surface area contributed by atoms with Crippen LogP contribution < -0.4 is 10.5 Å². The van der Waals surface area contributed by atoms with E-state index in [9.17, 15) is 4.79 Å². The summed E-state index contributed by atoms with van der Waals surface area (Å²) in [6, 6.07) is 17.7. The van der Waals surface area contributed by atoms with Crippen LogP contribution in [0.4, 0.5) is 5.69 Å². The Morgan fingerprint density at radius 1 is 0.970 bits per heavy atom. The van der Waals surface area contributed by atoms with Gasteiger partial charge in [0, 0.05) is 36.6 Å². The summed E-state index contributed by atoms with van der Waals surface area (Å²) in [5, 5.41) is 9.65. The topological polar surface area (TPSA) is 64.7 Å². The zero-order valence-corrected chi connectivity index (χ0v) is 19.5. The predicted octanol–water partition coefficient (Wildman–Crippen LogP) is 4.42. The third-order valence-electron chi connectivity index (χ3n) is 6.02. The Hall–Kier alpha value is -3.45. The van der Waals surface area contributed by atoms with Crippen molar-refractivity contribution >= 4 is 11.2 Å². The fourth-order valence-corrected chi connectivity index (χ4v) is 4.60. The first-order valence-corrected chi connectivity index (χ1v) is 11.5. The van der Waals surface area contributed by atoms with Crippen molar-refractivity contribution in [3.63, 3.8) is 0 Å². The van der Waals surface area contributed by atoms with Crippen LogP contribution in [-0.2, 0) is 4.74 Å². The number of hydrogen-bond donors (Lipinski definition) is 0. The van der Waals surface area contributed by atoms with Crippen LogP contribution in [-0.4, -0.2) is 44.7 Å². The van der Waals surface area contributed by atoms with Crippen LogP contribution >= 0.6 is 0 Å². The van der Waals surface area contributed by atoms with Gasteiger partial charge in [0.2, 0.25) is 0 Å². The van der Waals surface area contributed by atoms with Crippen LogP contribution in [0.15, 0.2) is 65.6 Å². The largest absolute Gasteiger partial charge is 0.372 e. The van der Waals surface area contributed by atoms with Crippen molar-refractivity contribution in [1.82, 2.24) is 19.4 Å². The maximum Gasteiger partial charge on any atom is 0.267 e. The van der Waals surface area contributed by atoms with E-state index in [0.29, 0.717) is 0 Å². The summed E-state index contributed by atoms with van der Waals surface area (Å²) < 4.78 is 9.36. The molecule has 170 valence electrons. The van der Waals surface area contributed by atoms with E-state index in [4.69, 9.17) is 14.9 Å². The van der Waals surface area contributed by atoms with Gasteiger partial charge in [0.25, 0.3) is 5.56 Å². The molecule has 0 aliphatic carbocycles. The van der Waals surface area contributed by atoms with Crippen molar-refractivity contribution in [1.29, 1.82) is 0 Å². The summed E-state index contributed by atoms with van der Waals surface area (Å²) in [6.07, 6.45) is 2.35. The molecule has 1 aliphatic heterocycles. The zero-order chi connectivity index (χ0) is 23.1. The number of ether oxygens (including phenoxy) is 1. The van der Waals surface area contributed by atoms with Crippen molar-refractivity contribution in [2.24, 2.45) is 0 Å². The first-order valence-electron chi connectivity index (χ1n) is 11.5. The summed E-state index contributed by atoms with van der Waals surface area (Å²) in [6.45, 7) is 9.82. The molecule has 0 radical (unpaired) electrons. The van der Waals surface area contributed by atoms with Crippen molar-refractivity contribution in [3.8, 4) is 22.5 Å². The third-order valence-corrected chi connectivity index (χ3v) is 6.02. The van der Waals surface area contributed by atoms with Crippen LogP contribution in [0.25, 0.3) is 28.0 Å². The highest BCUT2D eigenvalue weighted by atomic mass is 16.5. The van der Waals surface area contributed by atoms with Gasteiger partial charge in [-0.2, -0.15) is 10.2 Å². The van der Waals surface area contributed by atoms with Gasteiger partial charge in [0.05, 0.1) is 35.0 Å². The van der Waals surface area contributed by atoms with E-state index in [1.54, 1.807) is 12.1 Å². The normalized spacial score (nSPS) is 18.9. The van der Waals surface area contributed by atoms with Gasteiger partial charge in [0.15, 0.2) is 0 Å². The molecule has 1 fully saturated rings. The fraction of sp³-hybridized carbons (Fsp3) is 0.346. The number of morpholine rings is 1. The number of rotatable bonds is 4. The number of fused-ring (bicyclic) bond motifs is 1. The zero-order valence-electron chi connectivity index (χ0n) is 19.5. The molecule has 4 aromatic rings. The molecule has 7 nitrogen and oxygen atoms in total. The molecule has 2 atom stereocenters. The standard InChI is InChI=1S/C26H29N5O2/c1-17(2)31-24(32)11-10-22(27-31)25-23-14-21(29-15-18(3)33-19(4)16-29)12-13-30(23)28-26(25)20-8-6-5-7-9-20/h5-14,17-19H,15-16H2,1-4H3/t18-,19+. The third kappa shape index (κ3) is 4.04. The summed E-state index contributed by atoms with van der Waals surface area (Å²) in [5.41, 5.74) is 5.49. The van der Waals surface area contributed by atoms with Gasteiger partial charge in [-0.05, 0) is 45.9 Å². The van der Waals surface area contributed by atoms with Crippen molar-refractivity contribution in [2.75, 3.05) is 18.0 Å². The van der Waals surface area contributed by atoms with Crippen LogP contribution in [0.5, 0.6) is 0 Å². The molecule has 1 aliphatic rings. The van der Waals surface area contributed by atoms with Gasteiger partial charge in [-0.25, -0.2) is 9.20 Å². The molecule has 5 rings (SSSR count). The van der Waals surface area contributed by atoms with Crippen LogP contribution in [0.3, 0.4) is 0 Å². The van der Waals surface area contributed by atoms with Gasteiger partial charge in [-0.3, -0.25) is 4.79 Å².